The van der Waals surface area contributed by atoms with E-state index in [2.05, 4.69) is 17.3 Å². The average Bonchev–Trinajstić information content (AvgIpc) is 1.87. The second kappa shape index (κ2) is 4.66. The summed E-state index contributed by atoms with van der Waals surface area (Å²) in [7, 11) is 2.22. The van der Waals surface area contributed by atoms with E-state index in [0.29, 0.717) is 0 Å². The van der Waals surface area contributed by atoms with Crippen LogP contribution in [0.5, 0.6) is 0 Å². The van der Waals surface area contributed by atoms with Crippen molar-refractivity contribution in [2.24, 2.45) is 5.41 Å². The Morgan fingerprint density at radius 1 is 1.08 bits per heavy atom. The number of halogens is 2. The van der Waals surface area contributed by atoms with E-state index in [1.165, 1.54) is 39.0 Å². The highest BCUT2D eigenvalue weighted by Crippen LogP contribution is 2.37. The van der Waals surface area contributed by atoms with Gasteiger partial charge in [-0.15, -0.1) is 24.8 Å². The molecule has 2 aliphatic rings. The Labute approximate surface area is 86.9 Å². The van der Waals surface area contributed by atoms with E-state index < -0.39 is 0 Å². The van der Waals surface area contributed by atoms with E-state index >= 15 is 0 Å². The monoisotopic (exact) mass is 212 g/mol. The summed E-state index contributed by atoms with van der Waals surface area (Å²) in [5, 5.41) is 3.40. The fourth-order valence-electron chi connectivity index (χ4n) is 2.37. The number of hydrogen-bond acceptors (Lipinski definition) is 2. The van der Waals surface area contributed by atoms with E-state index in [4.69, 9.17) is 0 Å². The molecule has 0 amide bonds. The summed E-state index contributed by atoms with van der Waals surface area (Å²) >= 11 is 0. The SMILES string of the molecule is CN1CC2(CCNCC2)C1.Cl.Cl. The lowest BCUT2D eigenvalue weighted by molar-refractivity contribution is -0.00368. The van der Waals surface area contributed by atoms with Crippen molar-refractivity contribution in [3.05, 3.63) is 0 Å². The first-order chi connectivity index (χ1) is 4.81. The molecule has 0 aliphatic carbocycles. The van der Waals surface area contributed by atoms with Crippen LogP contribution in [0, 0.1) is 5.41 Å². The first-order valence-corrected chi connectivity index (χ1v) is 4.20. The number of piperidine rings is 1. The van der Waals surface area contributed by atoms with Gasteiger partial charge in [0.1, 0.15) is 0 Å². The third kappa shape index (κ3) is 2.25. The summed E-state index contributed by atoms with van der Waals surface area (Å²) in [6.07, 6.45) is 2.80. The van der Waals surface area contributed by atoms with Crippen LogP contribution in [0.4, 0.5) is 0 Å². The molecule has 2 heterocycles. The summed E-state index contributed by atoms with van der Waals surface area (Å²) in [6.45, 7) is 5.17. The molecule has 12 heavy (non-hydrogen) atoms. The topological polar surface area (TPSA) is 15.3 Å². The van der Waals surface area contributed by atoms with Crippen molar-refractivity contribution in [2.75, 3.05) is 33.2 Å². The number of nitrogens with one attached hydrogen (secondary N) is 1. The van der Waals surface area contributed by atoms with E-state index in [1.54, 1.807) is 0 Å². The largest absolute Gasteiger partial charge is 0.317 e. The van der Waals surface area contributed by atoms with Crippen molar-refractivity contribution in [1.82, 2.24) is 10.2 Å². The van der Waals surface area contributed by atoms with Gasteiger partial charge in [0.05, 0.1) is 0 Å². The Balaban J connectivity index is 0.000000605. The zero-order valence-corrected chi connectivity index (χ0v) is 9.14. The fraction of sp³-hybridized carbons (Fsp3) is 1.00. The Morgan fingerprint density at radius 2 is 1.58 bits per heavy atom. The standard InChI is InChI=1S/C8H16N2.2ClH/c1-10-6-8(7-10)2-4-9-5-3-8;;/h9H,2-7H2,1H3;2*1H. The summed E-state index contributed by atoms with van der Waals surface area (Å²) in [4.78, 5) is 2.42. The highest BCUT2D eigenvalue weighted by molar-refractivity contribution is 5.85. The molecule has 2 aliphatic heterocycles. The Bertz CT molecular complexity index is 120. The lowest BCUT2D eigenvalue weighted by Gasteiger charge is -2.51. The molecule has 0 unspecified atom stereocenters. The maximum Gasteiger partial charge on any atom is 0.00484 e. The molecule has 4 heteroatoms. The number of rotatable bonds is 0. The minimum atomic E-state index is 0. The Morgan fingerprint density at radius 3 is 2.00 bits per heavy atom. The van der Waals surface area contributed by atoms with Crippen molar-refractivity contribution in [1.29, 1.82) is 0 Å². The molecular weight excluding hydrogens is 195 g/mol. The Kier molecular flexibility index (Phi) is 4.85. The number of likely N-dealkylation sites (tertiary alicyclic amines) is 1. The summed E-state index contributed by atoms with van der Waals surface area (Å²) < 4.78 is 0. The van der Waals surface area contributed by atoms with E-state index in [-0.39, 0.29) is 24.8 Å². The predicted molar refractivity (Wildman–Crippen MR) is 56.5 cm³/mol. The lowest BCUT2D eigenvalue weighted by Crippen LogP contribution is -2.58. The molecule has 0 bridgehead atoms. The van der Waals surface area contributed by atoms with Crippen LogP contribution in [0.15, 0.2) is 0 Å². The summed E-state index contributed by atoms with van der Waals surface area (Å²) in [5.41, 5.74) is 0.736. The molecule has 0 radical (unpaired) electrons. The molecule has 2 saturated heterocycles. The van der Waals surface area contributed by atoms with Crippen molar-refractivity contribution < 1.29 is 0 Å². The van der Waals surface area contributed by atoms with Crippen LogP contribution >= 0.6 is 24.8 Å². The molecule has 74 valence electrons. The molecule has 0 aromatic heterocycles. The molecule has 0 aromatic rings. The second-order valence-corrected chi connectivity index (χ2v) is 3.92. The highest BCUT2D eigenvalue weighted by atomic mass is 35.5. The number of hydrogen-bond donors (Lipinski definition) is 1. The predicted octanol–water partition coefficient (Wildman–Crippen LogP) is 1.15. The molecule has 0 aromatic carbocycles. The minimum Gasteiger partial charge on any atom is -0.317 e. The first-order valence-electron chi connectivity index (χ1n) is 4.20. The maximum absolute atomic E-state index is 3.40. The molecule has 2 fully saturated rings. The number of nitrogens with zero attached hydrogens (tertiary/aromatic N) is 1. The Hall–Kier alpha value is 0.500. The molecule has 2 rings (SSSR count). The maximum atomic E-state index is 3.40. The van der Waals surface area contributed by atoms with Gasteiger partial charge in [0, 0.05) is 13.1 Å². The molecule has 1 N–H and O–H groups in total. The van der Waals surface area contributed by atoms with Crippen LogP contribution in [0.25, 0.3) is 0 Å². The fourth-order valence-corrected chi connectivity index (χ4v) is 2.37. The first kappa shape index (κ1) is 12.5. The molecule has 0 atom stereocenters. The van der Waals surface area contributed by atoms with Gasteiger partial charge in [-0.1, -0.05) is 0 Å². The zero-order valence-electron chi connectivity index (χ0n) is 7.51. The van der Waals surface area contributed by atoms with Crippen LogP contribution in [-0.4, -0.2) is 38.1 Å². The molecule has 1 spiro atoms. The van der Waals surface area contributed by atoms with Gasteiger partial charge in [0.25, 0.3) is 0 Å². The van der Waals surface area contributed by atoms with Gasteiger partial charge < -0.3 is 10.2 Å². The molecule has 0 saturated carbocycles. The van der Waals surface area contributed by atoms with Crippen LogP contribution in [-0.2, 0) is 0 Å². The smallest absolute Gasteiger partial charge is 0.00484 e. The van der Waals surface area contributed by atoms with Crippen LogP contribution in [0.1, 0.15) is 12.8 Å². The van der Waals surface area contributed by atoms with Gasteiger partial charge in [-0.05, 0) is 38.4 Å². The summed E-state index contributed by atoms with van der Waals surface area (Å²) in [6, 6.07) is 0. The normalized spacial score (nSPS) is 26.8. The third-order valence-electron chi connectivity index (χ3n) is 2.87. The van der Waals surface area contributed by atoms with Gasteiger partial charge in [-0.25, -0.2) is 0 Å². The van der Waals surface area contributed by atoms with Crippen LogP contribution < -0.4 is 5.32 Å². The lowest BCUT2D eigenvalue weighted by atomic mass is 9.73. The van der Waals surface area contributed by atoms with E-state index in [9.17, 15) is 0 Å². The van der Waals surface area contributed by atoms with Crippen LogP contribution in [0.3, 0.4) is 0 Å². The van der Waals surface area contributed by atoms with E-state index in [1.807, 2.05) is 0 Å². The zero-order chi connectivity index (χ0) is 7.03. The second-order valence-electron chi connectivity index (χ2n) is 3.92. The molecule has 2 nitrogen and oxygen atoms in total. The van der Waals surface area contributed by atoms with Crippen molar-refractivity contribution in [3.63, 3.8) is 0 Å². The molecular formula is C8H18Cl2N2. The van der Waals surface area contributed by atoms with Gasteiger partial charge in [0.15, 0.2) is 0 Å². The van der Waals surface area contributed by atoms with Crippen LogP contribution in [0.2, 0.25) is 0 Å². The third-order valence-corrected chi connectivity index (χ3v) is 2.87. The van der Waals surface area contributed by atoms with Gasteiger partial charge in [-0.2, -0.15) is 0 Å². The quantitative estimate of drug-likeness (QED) is 0.649. The highest BCUT2D eigenvalue weighted by Gasteiger charge is 2.41. The van der Waals surface area contributed by atoms with Crippen molar-refractivity contribution in [3.8, 4) is 0 Å². The van der Waals surface area contributed by atoms with Crippen molar-refractivity contribution >= 4 is 24.8 Å². The average molecular weight is 213 g/mol. The van der Waals surface area contributed by atoms with Gasteiger partial charge >= 0.3 is 0 Å². The summed E-state index contributed by atoms with van der Waals surface area (Å²) in [5.74, 6) is 0. The van der Waals surface area contributed by atoms with E-state index in [0.717, 1.165) is 5.41 Å². The van der Waals surface area contributed by atoms with Crippen molar-refractivity contribution in [2.45, 2.75) is 12.8 Å². The minimum absolute atomic E-state index is 0. The van der Waals surface area contributed by atoms with Gasteiger partial charge in [-0.3, -0.25) is 0 Å². The van der Waals surface area contributed by atoms with Gasteiger partial charge in [0.2, 0.25) is 0 Å².